The number of rotatable bonds is 11. The van der Waals surface area contributed by atoms with Crippen molar-refractivity contribution in [1.82, 2.24) is 4.31 Å². The van der Waals surface area contributed by atoms with Gasteiger partial charge in [0, 0.05) is 12.6 Å². The predicted molar refractivity (Wildman–Crippen MR) is 112 cm³/mol. The van der Waals surface area contributed by atoms with Gasteiger partial charge >= 0.3 is 5.97 Å². The molecule has 2 rings (SSSR count). The number of hydrogen-bond donors (Lipinski definition) is 0. The van der Waals surface area contributed by atoms with E-state index in [-0.39, 0.29) is 36.5 Å². The topological polar surface area (TPSA) is 72.9 Å². The highest BCUT2D eigenvalue weighted by molar-refractivity contribution is 7.89. The Hall–Kier alpha value is -2.38. The van der Waals surface area contributed by atoms with Gasteiger partial charge in [0.15, 0.2) is 0 Å². The van der Waals surface area contributed by atoms with Gasteiger partial charge in [0.05, 0.1) is 18.4 Å². The average molecular weight is 420 g/mol. The second-order valence-corrected chi connectivity index (χ2v) is 8.70. The molecule has 0 aliphatic carbocycles. The Kier molecular flexibility index (Phi) is 8.67. The van der Waals surface area contributed by atoms with Crippen molar-refractivity contribution in [2.45, 2.75) is 44.0 Å². The number of methoxy groups -OCH3 is 1. The van der Waals surface area contributed by atoms with E-state index in [1.165, 1.54) is 11.4 Å². The zero-order valence-corrected chi connectivity index (χ0v) is 18.0. The molecule has 6 nitrogen and oxygen atoms in total. The summed E-state index contributed by atoms with van der Waals surface area (Å²) in [5, 5.41) is 0. The zero-order valence-electron chi connectivity index (χ0n) is 17.2. The highest BCUT2D eigenvalue weighted by Crippen LogP contribution is 2.20. The van der Waals surface area contributed by atoms with Crippen LogP contribution in [0.2, 0.25) is 0 Å². The van der Waals surface area contributed by atoms with Crippen molar-refractivity contribution < 1.29 is 22.7 Å². The molecule has 1 unspecified atom stereocenters. The van der Waals surface area contributed by atoms with E-state index in [0.29, 0.717) is 5.75 Å². The van der Waals surface area contributed by atoms with Crippen molar-refractivity contribution in [1.29, 1.82) is 0 Å². The molecule has 0 radical (unpaired) electrons. The monoisotopic (exact) mass is 419 g/mol. The van der Waals surface area contributed by atoms with E-state index in [1.807, 2.05) is 13.8 Å². The number of esters is 1. The molecule has 1 atom stereocenters. The lowest BCUT2D eigenvalue weighted by molar-refractivity contribution is -0.139. The van der Waals surface area contributed by atoms with Crippen LogP contribution in [0.3, 0.4) is 0 Å². The number of carbonyl (C=O) groups excluding carboxylic acids is 1. The Bertz CT molecular complexity index is 866. The molecule has 0 heterocycles. The number of hydrogen-bond acceptors (Lipinski definition) is 5. The first kappa shape index (κ1) is 22.9. The van der Waals surface area contributed by atoms with Crippen LogP contribution < -0.4 is 4.74 Å². The molecule has 0 aliphatic heterocycles. The van der Waals surface area contributed by atoms with Crippen LogP contribution in [-0.2, 0) is 26.0 Å². The fourth-order valence-corrected chi connectivity index (χ4v) is 4.73. The highest BCUT2D eigenvalue weighted by Gasteiger charge is 2.28. The highest BCUT2D eigenvalue weighted by atomic mass is 32.2. The second-order valence-electron chi connectivity index (χ2n) is 6.81. The molecular formula is C22H29NO5S. The third-order valence-electron chi connectivity index (χ3n) is 4.63. The molecule has 158 valence electrons. The van der Waals surface area contributed by atoms with Crippen molar-refractivity contribution in [2.75, 3.05) is 20.3 Å². The minimum absolute atomic E-state index is 0.128. The molecule has 0 fully saturated rings. The number of nitrogens with zero attached hydrogens (tertiary/aromatic N) is 1. The lowest BCUT2D eigenvalue weighted by atomic mass is 10.1. The normalized spacial score (nSPS) is 12.6. The van der Waals surface area contributed by atoms with Gasteiger partial charge in [-0.05, 0) is 43.2 Å². The molecule has 0 N–H and O–H groups in total. The zero-order chi connectivity index (χ0) is 21.3. The summed E-state index contributed by atoms with van der Waals surface area (Å²) >= 11 is 0. The van der Waals surface area contributed by atoms with Crippen LogP contribution in [0.1, 0.15) is 32.3 Å². The van der Waals surface area contributed by atoms with Crippen LogP contribution in [-0.4, -0.2) is 45.0 Å². The van der Waals surface area contributed by atoms with Crippen molar-refractivity contribution in [3.8, 4) is 5.75 Å². The largest absolute Gasteiger partial charge is 0.492 e. The quantitative estimate of drug-likeness (QED) is 0.520. The third kappa shape index (κ3) is 6.58. The van der Waals surface area contributed by atoms with E-state index in [1.54, 1.807) is 54.6 Å². The lowest BCUT2D eigenvalue weighted by Gasteiger charge is -2.28. The summed E-state index contributed by atoms with van der Waals surface area (Å²) in [5.41, 5.74) is 0.828. The minimum atomic E-state index is -3.60. The summed E-state index contributed by atoms with van der Waals surface area (Å²) < 4.78 is 38.1. The molecule has 0 aromatic heterocycles. The Morgan fingerprint density at radius 2 is 1.72 bits per heavy atom. The molecule has 0 bridgehead atoms. The summed E-state index contributed by atoms with van der Waals surface area (Å²) in [5.74, 6) is 0.323. The van der Waals surface area contributed by atoms with E-state index in [2.05, 4.69) is 4.74 Å². The van der Waals surface area contributed by atoms with Gasteiger partial charge < -0.3 is 9.47 Å². The third-order valence-corrected chi connectivity index (χ3v) is 6.66. The minimum Gasteiger partial charge on any atom is -0.492 e. The van der Waals surface area contributed by atoms with Gasteiger partial charge in [-0.2, -0.15) is 4.31 Å². The van der Waals surface area contributed by atoms with Crippen LogP contribution in [0, 0.1) is 0 Å². The maximum atomic E-state index is 13.1. The smallest absolute Gasteiger partial charge is 0.309 e. The van der Waals surface area contributed by atoms with Crippen molar-refractivity contribution in [2.24, 2.45) is 0 Å². The summed E-state index contributed by atoms with van der Waals surface area (Å²) in [6, 6.07) is 15.5. The lowest BCUT2D eigenvalue weighted by Crippen LogP contribution is -2.41. The summed E-state index contributed by atoms with van der Waals surface area (Å²) in [6.45, 7) is 4.45. The summed E-state index contributed by atoms with van der Waals surface area (Å²) in [6.07, 6.45) is 1.87. The van der Waals surface area contributed by atoms with Gasteiger partial charge in [0.2, 0.25) is 10.0 Å². The summed E-state index contributed by atoms with van der Waals surface area (Å²) in [4.78, 5) is 11.6. The first-order chi connectivity index (χ1) is 13.9. The first-order valence-electron chi connectivity index (χ1n) is 9.74. The summed E-state index contributed by atoms with van der Waals surface area (Å²) in [7, 11) is -2.24. The van der Waals surface area contributed by atoms with Gasteiger partial charge in [-0.25, -0.2) is 8.42 Å². The molecular weight excluding hydrogens is 390 g/mol. The average Bonchev–Trinajstić information content (AvgIpc) is 2.72. The molecule has 2 aromatic carbocycles. The Morgan fingerprint density at radius 3 is 2.31 bits per heavy atom. The van der Waals surface area contributed by atoms with E-state index in [0.717, 1.165) is 18.4 Å². The van der Waals surface area contributed by atoms with Gasteiger partial charge in [0.25, 0.3) is 0 Å². The second kappa shape index (κ2) is 11.0. The molecule has 0 amide bonds. The van der Waals surface area contributed by atoms with E-state index >= 15 is 0 Å². The Labute approximate surface area is 173 Å². The standard InChI is InChI=1S/C22H29NO5S/c1-4-8-18(2)23(29(25,26)21-9-6-5-7-10-21)15-16-28-20-13-11-19(12-14-20)17-22(24)27-3/h5-7,9-14,18H,4,8,15-17H2,1-3H3. The first-order valence-corrected chi connectivity index (χ1v) is 11.2. The molecule has 0 saturated heterocycles. The van der Waals surface area contributed by atoms with Crippen molar-refractivity contribution in [3.05, 3.63) is 60.2 Å². The number of ether oxygens (including phenoxy) is 2. The van der Waals surface area contributed by atoms with Gasteiger partial charge in [-0.1, -0.05) is 43.7 Å². The van der Waals surface area contributed by atoms with Gasteiger partial charge in [0.1, 0.15) is 12.4 Å². The van der Waals surface area contributed by atoms with Crippen LogP contribution in [0.25, 0.3) is 0 Å². The van der Waals surface area contributed by atoms with Crippen LogP contribution >= 0.6 is 0 Å². The molecule has 2 aromatic rings. The molecule has 0 spiro atoms. The molecule has 0 aliphatic rings. The fourth-order valence-electron chi connectivity index (χ4n) is 3.06. The van der Waals surface area contributed by atoms with Gasteiger partial charge in [-0.15, -0.1) is 0 Å². The maximum absolute atomic E-state index is 13.1. The maximum Gasteiger partial charge on any atom is 0.309 e. The van der Waals surface area contributed by atoms with Crippen molar-refractivity contribution >= 4 is 16.0 Å². The van der Waals surface area contributed by atoms with Crippen LogP contribution in [0.4, 0.5) is 0 Å². The van der Waals surface area contributed by atoms with E-state index in [9.17, 15) is 13.2 Å². The molecule has 7 heteroatoms. The SMILES string of the molecule is CCCC(C)N(CCOc1ccc(CC(=O)OC)cc1)S(=O)(=O)c1ccccc1. The van der Waals surface area contributed by atoms with E-state index in [4.69, 9.17) is 4.74 Å². The Morgan fingerprint density at radius 1 is 1.07 bits per heavy atom. The predicted octanol–water partition coefficient (Wildman–Crippen LogP) is 3.66. The Balaban J connectivity index is 2.04. The van der Waals surface area contributed by atoms with Crippen molar-refractivity contribution in [3.63, 3.8) is 0 Å². The molecule has 0 saturated carbocycles. The number of carbonyl (C=O) groups is 1. The van der Waals surface area contributed by atoms with E-state index < -0.39 is 10.0 Å². The van der Waals surface area contributed by atoms with Crippen LogP contribution in [0.15, 0.2) is 59.5 Å². The number of benzene rings is 2. The molecule has 29 heavy (non-hydrogen) atoms. The van der Waals surface area contributed by atoms with Gasteiger partial charge in [-0.3, -0.25) is 4.79 Å². The number of sulfonamides is 1. The fraction of sp³-hybridized carbons (Fsp3) is 0.409. The van der Waals surface area contributed by atoms with Crippen LogP contribution in [0.5, 0.6) is 5.75 Å².